The second-order valence-corrected chi connectivity index (χ2v) is 5.45. The molecule has 0 bridgehead atoms. The summed E-state index contributed by atoms with van der Waals surface area (Å²) in [7, 11) is 0. The Kier molecular flexibility index (Phi) is 7.89. The summed E-state index contributed by atoms with van der Waals surface area (Å²) in [6.45, 7) is 2.26. The fourth-order valence-corrected chi connectivity index (χ4v) is 2.66. The van der Waals surface area contributed by atoms with E-state index in [1.54, 1.807) is 11.8 Å². The van der Waals surface area contributed by atoms with Gasteiger partial charge in [0.2, 0.25) is 0 Å². The van der Waals surface area contributed by atoms with E-state index >= 15 is 0 Å². The number of nitrogen functional groups attached to an aromatic ring is 1. The Labute approximate surface area is 109 Å². The first kappa shape index (κ1) is 14.4. The lowest BCUT2D eigenvalue weighted by atomic mass is 10.1. The number of nitrogens with two attached hydrogens (primary N) is 1. The van der Waals surface area contributed by atoms with Crippen molar-refractivity contribution in [3.05, 3.63) is 18.3 Å². The molecule has 0 saturated heterocycles. The number of nitrogens with zero attached hydrogens (tertiary/aromatic N) is 1. The molecule has 0 aliphatic heterocycles. The molecule has 0 amide bonds. The zero-order chi connectivity index (χ0) is 12.3. The van der Waals surface area contributed by atoms with Crippen LogP contribution in [0.2, 0.25) is 0 Å². The van der Waals surface area contributed by atoms with Gasteiger partial charge in [-0.3, -0.25) is 0 Å². The molecule has 1 aromatic heterocycles. The monoisotopic (exact) mass is 252 g/mol. The van der Waals surface area contributed by atoms with Crippen LogP contribution in [-0.4, -0.2) is 10.7 Å². The second kappa shape index (κ2) is 9.34. The number of rotatable bonds is 9. The van der Waals surface area contributed by atoms with E-state index in [1.807, 2.05) is 18.3 Å². The van der Waals surface area contributed by atoms with Gasteiger partial charge in [0.25, 0.3) is 0 Å². The third-order valence-corrected chi connectivity index (χ3v) is 3.89. The molecule has 1 heterocycles. The van der Waals surface area contributed by atoms with E-state index in [1.165, 1.54) is 44.9 Å². The molecule has 0 aliphatic rings. The van der Waals surface area contributed by atoms with Crippen molar-refractivity contribution in [3.8, 4) is 0 Å². The number of hydrogen-bond donors (Lipinski definition) is 1. The number of thioether (sulfide) groups is 1. The molecule has 0 aliphatic carbocycles. The van der Waals surface area contributed by atoms with E-state index < -0.39 is 0 Å². The molecule has 2 nitrogen and oxygen atoms in total. The van der Waals surface area contributed by atoms with Gasteiger partial charge in [-0.15, -0.1) is 11.8 Å². The van der Waals surface area contributed by atoms with Gasteiger partial charge < -0.3 is 5.73 Å². The summed E-state index contributed by atoms with van der Waals surface area (Å²) in [5, 5.41) is 0.985. The first-order valence-corrected chi connectivity index (χ1v) is 7.66. The molecule has 0 unspecified atom stereocenters. The topological polar surface area (TPSA) is 38.9 Å². The van der Waals surface area contributed by atoms with Crippen LogP contribution >= 0.6 is 11.8 Å². The van der Waals surface area contributed by atoms with E-state index in [2.05, 4.69) is 11.9 Å². The molecule has 0 fully saturated rings. The van der Waals surface area contributed by atoms with Crippen molar-refractivity contribution in [3.63, 3.8) is 0 Å². The average molecular weight is 252 g/mol. The van der Waals surface area contributed by atoms with E-state index in [0.29, 0.717) is 0 Å². The van der Waals surface area contributed by atoms with Crippen LogP contribution in [0.3, 0.4) is 0 Å². The van der Waals surface area contributed by atoms with E-state index in [-0.39, 0.29) is 0 Å². The molecular formula is C14H24N2S. The fraction of sp³-hybridized carbons (Fsp3) is 0.643. The minimum atomic E-state index is 0.806. The molecule has 0 aromatic carbocycles. The summed E-state index contributed by atoms with van der Waals surface area (Å²) >= 11 is 1.78. The predicted octanol–water partition coefficient (Wildman–Crippen LogP) is 4.51. The van der Waals surface area contributed by atoms with E-state index in [9.17, 15) is 0 Å². The van der Waals surface area contributed by atoms with Crippen LogP contribution in [0.4, 0.5) is 5.69 Å². The highest BCUT2D eigenvalue weighted by Crippen LogP contribution is 2.23. The van der Waals surface area contributed by atoms with Gasteiger partial charge in [0.05, 0.1) is 5.69 Å². The van der Waals surface area contributed by atoms with Crippen molar-refractivity contribution in [2.24, 2.45) is 0 Å². The van der Waals surface area contributed by atoms with Crippen LogP contribution in [-0.2, 0) is 0 Å². The van der Waals surface area contributed by atoms with Crippen molar-refractivity contribution in [1.29, 1.82) is 0 Å². The summed E-state index contributed by atoms with van der Waals surface area (Å²) in [6, 6.07) is 3.80. The van der Waals surface area contributed by atoms with Crippen molar-refractivity contribution in [1.82, 2.24) is 4.98 Å². The molecule has 2 N–H and O–H groups in total. The van der Waals surface area contributed by atoms with Gasteiger partial charge in [-0.1, -0.05) is 45.4 Å². The summed E-state index contributed by atoms with van der Waals surface area (Å²) in [6.07, 6.45) is 11.3. The normalized spacial score (nSPS) is 10.6. The molecule has 17 heavy (non-hydrogen) atoms. The largest absolute Gasteiger partial charge is 0.397 e. The molecule has 0 radical (unpaired) electrons. The summed E-state index contributed by atoms with van der Waals surface area (Å²) in [5.41, 5.74) is 6.64. The van der Waals surface area contributed by atoms with Crippen molar-refractivity contribution in [2.75, 3.05) is 11.5 Å². The first-order chi connectivity index (χ1) is 8.34. The quantitative estimate of drug-likeness (QED) is 0.519. The number of pyridine rings is 1. The maximum Gasteiger partial charge on any atom is 0.119 e. The van der Waals surface area contributed by atoms with E-state index in [0.717, 1.165) is 16.5 Å². The van der Waals surface area contributed by atoms with E-state index in [4.69, 9.17) is 5.73 Å². The third-order valence-electron chi connectivity index (χ3n) is 2.79. The standard InChI is InChI=1S/C14H24N2S/c1-2-3-4-5-6-7-8-12-17-14-13(15)10-9-11-16-14/h9-11H,2-8,12,15H2,1H3. The molecule has 96 valence electrons. The Balaban J connectivity index is 1.99. The highest BCUT2D eigenvalue weighted by atomic mass is 32.2. The Hall–Kier alpha value is -0.700. The predicted molar refractivity (Wildman–Crippen MR) is 77.4 cm³/mol. The van der Waals surface area contributed by atoms with Crippen molar-refractivity contribution in [2.45, 2.75) is 56.9 Å². The van der Waals surface area contributed by atoms with Crippen LogP contribution in [0.1, 0.15) is 51.9 Å². The second-order valence-electron chi connectivity index (χ2n) is 4.37. The lowest BCUT2D eigenvalue weighted by molar-refractivity contribution is 0.603. The van der Waals surface area contributed by atoms with Crippen LogP contribution in [0.15, 0.2) is 23.4 Å². The zero-order valence-corrected chi connectivity index (χ0v) is 11.6. The van der Waals surface area contributed by atoms with Crippen LogP contribution < -0.4 is 5.73 Å². The van der Waals surface area contributed by atoms with Gasteiger partial charge in [0.1, 0.15) is 5.03 Å². The number of hydrogen-bond acceptors (Lipinski definition) is 3. The molecule has 3 heteroatoms. The average Bonchev–Trinajstić information content (AvgIpc) is 2.35. The SMILES string of the molecule is CCCCCCCCCSc1ncccc1N. The Morgan fingerprint density at radius 1 is 1.12 bits per heavy atom. The number of anilines is 1. The highest BCUT2D eigenvalue weighted by Gasteiger charge is 1.99. The summed E-state index contributed by atoms with van der Waals surface area (Å²) in [4.78, 5) is 4.27. The minimum absolute atomic E-state index is 0.806. The van der Waals surface area contributed by atoms with Gasteiger partial charge in [-0.2, -0.15) is 0 Å². The lowest BCUT2D eigenvalue weighted by Crippen LogP contribution is -1.91. The fourth-order valence-electron chi connectivity index (χ4n) is 1.75. The minimum Gasteiger partial charge on any atom is -0.397 e. The van der Waals surface area contributed by atoms with Gasteiger partial charge in [-0.05, 0) is 24.3 Å². The Morgan fingerprint density at radius 3 is 2.53 bits per heavy atom. The number of unbranched alkanes of at least 4 members (excludes halogenated alkanes) is 6. The molecule has 1 rings (SSSR count). The molecule has 0 spiro atoms. The Bertz CT molecular complexity index is 302. The van der Waals surface area contributed by atoms with Gasteiger partial charge in [0, 0.05) is 6.20 Å². The lowest BCUT2D eigenvalue weighted by Gasteiger charge is -2.03. The first-order valence-electron chi connectivity index (χ1n) is 6.68. The summed E-state index contributed by atoms with van der Waals surface area (Å²) < 4.78 is 0. The van der Waals surface area contributed by atoms with Gasteiger partial charge >= 0.3 is 0 Å². The maximum absolute atomic E-state index is 5.83. The molecular weight excluding hydrogens is 228 g/mol. The molecule has 0 saturated carbocycles. The zero-order valence-electron chi connectivity index (χ0n) is 10.8. The smallest absolute Gasteiger partial charge is 0.119 e. The Morgan fingerprint density at radius 2 is 1.82 bits per heavy atom. The summed E-state index contributed by atoms with van der Waals surface area (Å²) in [5.74, 6) is 1.13. The van der Waals surface area contributed by atoms with Crippen LogP contribution in [0, 0.1) is 0 Å². The molecule has 0 atom stereocenters. The van der Waals surface area contributed by atoms with Gasteiger partial charge in [-0.25, -0.2) is 4.98 Å². The van der Waals surface area contributed by atoms with Crippen LogP contribution in [0.5, 0.6) is 0 Å². The van der Waals surface area contributed by atoms with Crippen molar-refractivity contribution >= 4 is 17.4 Å². The highest BCUT2D eigenvalue weighted by molar-refractivity contribution is 7.99. The maximum atomic E-state index is 5.83. The van der Waals surface area contributed by atoms with Gasteiger partial charge in [0.15, 0.2) is 0 Å². The van der Waals surface area contributed by atoms with Crippen molar-refractivity contribution < 1.29 is 0 Å². The van der Waals surface area contributed by atoms with Crippen LogP contribution in [0.25, 0.3) is 0 Å². The number of aromatic nitrogens is 1. The third kappa shape index (κ3) is 6.57. The molecule has 1 aromatic rings.